The third kappa shape index (κ3) is 6.17. The molecule has 1 aromatic rings. The van der Waals surface area contributed by atoms with E-state index in [1.807, 2.05) is 28.7 Å². The summed E-state index contributed by atoms with van der Waals surface area (Å²) in [6, 6.07) is 5.53. The highest BCUT2D eigenvalue weighted by atomic mass is 127. The van der Waals surface area contributed by atoms with Gasteiger partial charge >= 0.3 is 0 Å². The summed E-state index contributed by atoms with van der Waals surface area (Å²) in [5.74, 6) is 0. The largest absolute Gasteiger partial charge is 0.383 e. The zero-order valence-corrected chi connectivity index (χ0v) is 15.1. The van der Waals surface area contributed by atoms with Gasteiger partial charge < -0.3 is 10.2 Å². The van der Waals surface area contributed by atoms with Crippen molar-refractivity contribution >= 4 is 34.0 Å². The van der Waals surface area contributed by atoms with Gasteiger partial charge in [-0.25, -0.2) is 0 Å². The highest BCUT2D eigenvalue weighted by Gasteiger charge is 2.12. The van der Waals surface area contributed by atoms with Crippen molar-refractivity contribution < 1.29 is 4.92 Å². The molecule has 0 amide bonds. The van der Waals surface area contributed by atoms with Gasteiger partial charge in [0.15, 0.2) is 0 Å². The molecule has 0 saturated heterocycles. The Kier molecular flexibility index (Phi) is 7.95. The monoisotopic (exact) mass is 405 g/mol. The van der Waals surface area contributed by atoms with Crippen molar-refractivity contribution in [2.24, 2.45) is 0 Å². The first-order valence-electron chi connectivity index (χ1n) is 7.40. The maximum atomic E-state index is 10.8. The van der Waals surface area contributed by atoms with Crippen molar-refractivity contribution in [2.45, 2.75) is 39.7 Å². The third-order valence-corrected chi connectivity index (χ3v) is 4.43. The van der Waals surface area contributed by atoms with E-state index >= 15 is 0 Å². The van der Waals surface area contributed by atoms with Gasteiger partial charge in [0.2, 0.25) is 0 Å². The molecule has 0 aliphatic carbocycles. The second-order valence-electron chi connectivity index (χ2n) is 5.14. The smallest absolute Gasteiger partial charge is 0.282 e. The van der Waals surface area contributed by atoms with Gasteiger partial charge in [-0.2, -0.15) is 0 Å². The molecule has 0 heterocycles. The standard InChI is InChI=1S/C15H24IN3O2/c1-4-18(5-2)10-6-7-12(3)17-13-8-9-15(19(20)21)14(16)11-13/h8-9,11-12,17H,4-7,10H2,1-3H3. The van der Waals surface area contributed by atoms with E-state index in [0.29, 0.717) is 9.61 Å². The van der Waals surface area contributed by atoms with Gasteiger partial charge in [0.25, 0.3) is 5.69 Å². The van der Waals surface area contributed by atoms with Crippen molar-refractivity contribution in [1.29, 1.82) is 0 Å². The molecule has 0 aromatic heterocycles. The fourth-order valence-corrected chi connectivity index (χ4v) is 2.97. The zero-order chi connectivity index (χ0) is 15.8. The number of rotatable bonds is 9. The number of hydrogen-bond donors (Lipinski definition) is 1. The summed E-state index contributed by atoms with van der Waals surface area (Å²) in [4.78, 5) is 12.9. The normalized spacial score (nSPS) is 12.4. The van der Waals surface area contributed by atoms with Gasteiger partial charge in [0, 0.05) is 17.8 Å². The fraction of sp³-hybridized carbons (Fsp3) is 0.600. The van der Waals surface area contributed by atoms with Crippen molar-refractivity contribution in [3.8, 4) is 0 Å². The van der Waals surface area contributed by atoms with E-state index < -0.39 is 0 Å². The van der Waals surface area contributed by atoms with Crippen LogP contribution in [0.1, 0.15) is 33.6 Å². The van der Waals surface area contributed by atoms with E-state index in [4.69, 9.17) is 0 Å². The third-order valence-electron chi connectivity index (χ3n) is 3.56. The second-order valence-corrected chi connectivity index (χ2v) is 6.30. The van der Waals surface area contributed by atoms with Crippen LogP contribution in [-0.4, -0.2) is 35.5 Å². The molecule has 0 spiro atoms. The van der Waals surface area contributed by atoms with Gasteiger partial charge in [0.05, 0.1) is 8.49 Å². The van der Waals surface area contributed by atoms with Crippen LogP contribution in [0.15, 0.2) is 18.2 Å². The predicted molar refractivity (Wildman–Crippen MR) is 95.9 cm³/mol. The Bertz CT molecular complexity index is 464. The summed E-state index contributed by atoms with van der Waals surface area (Å²) in [6.45, 7) is 9.83. The minimum absolute atomic E-state index is 0.162. The first kappa shape index (κ1) is 18.2. The lowest BCUT2D eigenvalue weighted by Gasteiger charge is -2.20. The number of nitrogens with zero attached hydrogens (tertiary/aromatic N) is 2. The van der Waals surface area contributed by atoms with E-state index in [0.717, 1.165) is 38.2 Å². The molecular weight excluding hydrogens is 381 g/mol. The summed E-state index contributed by atoms with van der Waals surface area (Å²) in [5, 5.41) is 14.2. The van der Waals surface area contributed by atoms with Crippen LogP contribution in [-0.2, 0) is 0 Å². The van der Waals surface area contributed by atoms with E-state index in [1.54, 1.807) is 12.1 Å². The Hall–Kier alpha value is -0.890. The Balaban J connectivity index is 2.46. The van der Waals surface area contributed by atoms with Crippen LogP contribution in [0.4, 0.5) is 11.4 Å². The first-order valence-corrected chi connectivity index (χ1v) is 8.48. The molecule has 1 unspecified atom stereocenters. The topological polar surface area (TPSA) is 58.4 Å². The van der Waals surface area contributed by atoms with E-state index in [1.165, 1.54) is 0 Å². The summed E-state index contributed by atoms with van der Waals surface area (Å²) < 4.78 is 0.665. The van der Waals surface area contributed by atoms with Crippen molar-refractivity contribution in [1.82, 2.24) is 4.90 Å². The van der Waals surface area contributed by atoms with Crippen LogP contribution in [0, 0.1) is 13.7 Å². The average Bonchev–Trinajstić information content (AvgIpc) is 2.43. The Morgan fingerprint density at radius 1 is 1.38 bits per heavy atom. The molecule has 21 heavy (non-hydrogen) atoms. The predicted octanol–water partition coefficient (Wildman–Crippen LogP) is 4.12. The van der Waals surface area contributed by atoms with Crippen LogP contribution in [0.5, 0.6) is 0 Å². The van der Waals surface area contributed by atoms with Gasteiger partial charge in [-0.1, -0.05) is 13.8 Å². The molecule has 0 aliphatic rings. The Labute approximate surface area is 140 Å². The summed E-state index contributed by atoms with van der Waals surface area (Å²) in [7, 11) is 0. The van der Waals surface area contributed by atoms with E-state index in [9.17, 15) is 10.1 Å². The van der Waals surface area contributed by atoms with Crippen molar-refractivity contribution in [2.75, 3.05) is 25.0 Å². The number of benzene rings is 1. The SMILES string of the molecule is CCN(CC)CCCC(C)Nc1ccc([N+](=O)[O-])c(I)c1. The maximum Gasteiger partial charge on any atom is 0.282 e. The van der Waals surface area contributed by atoms with Crippen LogP contribution in [0.2, 0.25) is 0 Å². The summed E-state index contributed by atoms with van der Waals surface area (Å²) >= 11 is 2.01. The number of anilines is 1. The summed E-state index contributed by atoms with van der Waals surface area (Å²) in [5.41, 5.74) is 1.11. The fourth-order valence-electron chi connectivity index (χ4n) is 2.26. The maximum absolute atomic E-state index is 10.8. The molecule has 1 atom stereocenters. The number of nitrogens with one attached hydrogen (secondary N) is 1. The van der Waals surface area contributed by atoms with E-state index in [-0.39, 0.29) is 10.6 Å². The van der Waals surface area contributed by atoms with Gasteiger partial charge in [-0.3, -0.25) is 10.1 Å². The van der Waals surface area contributed by atoms with Crippen LogP contribution < -0.4 is 5.32 Å². The Morgan fingerprint density at radius 3 is 2.57 bits per heavy atom. The lowest BCUT2D eigenvalue weighted by molar-refractivity contribution is -0.385. The molecule has 118 valence electrons. The van der Waals surface area contributed by atoms with E-state index in [2.05, 4.69) is 31.0 Å². The van der Waals surface area contributed by atoms with Crippen molar-refractivity contribution in [3.05, 3.63) is 31.9 Å². The highest BCUT2D eigenvalue weighted by molar-refractivity contribution is 14.1. The second kappa shape index (κ2) is 9.19. The molecule has 0 saturated carbocycles. The van der Waals surface area contributed by atoms with Crippen molar-refractivity contribution in [3.63, 3.8) is 0 Å². The first-order chi connectivity index (χ1) is 9.97. The number of halogens is 1. The molecule has 1 N–H and O–H groups in total. The minimum Gasteiger partial charge on any atom is -0.383 e. The van der Waals surface area contributed by atoms with Crippen LogP contribution in [0.25, 0.3) is 0 Å². The summed E-state index contributed by atoms with van der Waals surface area (Å²) in [6.07, 6.45) is 2.24. The van der Waals surface area contributed by atoms with Gasteiger partial charge in [-0.15, -0.1) is 0 Å². The molecule has 0 fully saturated rings. The van der Waals surface area contributed by atoms with Crippen LogP contribution >= 0.6 is 22.6 Å². The molecule has 0 radical (unpaired) electrons. The van der Waals surface area contributed by atoms with Gasteiger partial charge in [0.1, 0.15) is 0 Å². The molecule has 5 nitrogen and oxygen atoms in total. The average molecular weight is 405 g/mol. The molecule has 0 aliphatic heterocycles. The lowest BCUT2D eigenvalue weighted by atomic mass is 10.1. The highest BCUT2D eigenvalue weighted by Crippen LogP contribution is 2.24. The number of nitro benzene ring substituents is 1. The molecule has 1 aromatic carbocycles. The van der Waals surface area contributed by atoms with Crippen LogP contribution in [0.3, 0.4) is 0 Å². The zero-order valence-electron chi connectivity index (χ0n) is 12.9. The van der Waals surface area contributed by atoms with Gasteiger partial charge in [-0.05, 0) is 74.1 Å². The lowest BCUT2D eigenvalue weighted by Crippen LogP contribution is -2.25. The Morgan fingerprint density at radius 2 is 2.05 bits per heavy atom. The molecule has 1 rings (SSSR count). The molecule has 6 heteroatoms. The molecular formula is C15H24IN3O2. The minimum atomic E-state index is -0.348. The molecule has 0 bridgehead atoms. The number of nitro groups is 1. The number of hydrogen-bond acceptors (Lipinski definition) is 4. The quantitative estimate of drug-likeness (QED) is 0.382.